The Morgan fingerprint density at radius 1 is 1.24 bits per heavy atom. The number of aryl methyl sites for hydroxylation is 1. The Balaban J connectivity index is 1.47. The topological polar surface area (TPSA) is 78.3 Å². The average molecular weight is 342 g/mol. The minimum Gasteiger partial charge on any atom is -0.486 e. The fourth-order valence-corrected chi connectivity index (χ4v) is 3.35. The lowest BCUT2D eigenvalue weighted by Crippen LogP contribution is -2.41. The van der Waals surface area contributed by atoms with Crippen LogP contribution in [0.3, 0.4) is 0 Å². The van der Waals surface area contributed by atoms with E-state index in [2.05, 4.69) is 33.9 Å². The number of hydrogen-bond donors (Lipinski definition) is 1. The second-order valence-corrected chi connectivity index (χ2v) is 6.81. The molecule has 2 aliphatic heterocycles. The summed E-state index contributed by atoms with van der Waals surface area (Å²) < 4.78 is 13.2. The highest BCUT2D eigenvalue weighted by molar-refractivity contribution is 5.95. The van der Waals surface area contributed by atoms with Gasteiger partial charge in [0.25, 0.3) is 5.91 Å². The third-order valence-corrected chi connectivity index (χ3v) is 4.63. The lowest BCUT2D eigenvalue weighted by atomic mass is 10.1. The van der Waals surface area contributed by atoms with Crippen LogP contribution in [0, 0.1) is 0 Å². The van der Waals surface area contributed by atoms with E-state index < -0.39 is 0 Å². The van der Waals surface area contributed by atoms with E-state index in [1.807, 2.05) is 0 Å². The molecule has 0 aliphatic carbocycles. The van der Waals surface area contributed by atoms with Crippen LogP contribution in [0.4, 0.5) is 0 Å². The number of ether oxygens (including phenoxy) is 2. The summed E-state index contributed by atoms with van der Waals surface area (Å²) in [6.45, 7) is 5.98. The van der Waals surface area contributed by atoms with Gasteiger partial charge in [-0.3, -0.25) is 4.79 Å². The maximum absolute atomic E-state index is 12.6. The average Bonchev–Trinajstić information content (AvgIpc) is 3.04. The van der Waals surface area contributed by atoms with Crippen LogP contribution in [0.5, 0.6) is 11.5 Å². The molecule has 1 aromatic heterocycles. The minimum atomic E-state index is -0.0930. The van der Waals surface area contributed by atoms with Gasteiger partial charge in [-0.1, -0.05) is 13.8 Å². The second kappa shape index (κ2) is 6.38. The molecule has 0 saturated heterocycles. The van der Waals surface area contributed by atoms with Crippen molar-refractivity contribution in [2.24, 2.45) is 0 Å². The highest BCUT2D eigenvalue weighted by Crippen LogP contribution is 2.30. The first-order valence-corrected chi connectivity index (χ1v) is 8.74. The van der Waals surface area contributed by atoms with Crippen LogP contribution in [-0.4, -0.2) is 39.9 Å². The van der Waals surface area contributed by atoms with Gasteiger partial charge in [0.05, 0.1) is 0 Å². The largest absolute Gasteiger partial charge is 0.486 e. The van der Waals surface area contributed by atoms with Crippen LogP contribution in [0.2, 0.25) is 0 Å². The van der Waals surface area contributed by atoms with Crippen LogP contribution in [0.25, 0.3) is 0 Å². The first-order chi connectivity index (χ1) is 12.1. The van der Waals surface area contributed by atoms with Crippen LogP contribution in [-0.2, 0) is 13.0 Å². The molecule has 132 valence electrons. The predicted octanol–water partition coefficient (Wildman–Crippen LogP) is 1.92. The van der Waals surface area contributed by atoms with Gasteiger partial charge in [-0.05, 0) is 24.6 Å². The lowest BCUT2D eigenvalue weighted by Gasteiger charge is -2.26. The third-order valence-electron chi connectivity index (χ3n) is 4.63. The molecule has 0 spiro atoms. The number of amides is 1. The van der Waals surface area contributed by atoms with Gasteiger partial charge in [-0.25, -0.2) is 0 Å². The molecule has 2 aromatic rings. The van der Waals surface area contributed by atoms with Crippen molar-refractivity contribution in [3.63, 3.8) is 0 Å². The Kier molecular flexibility index (Phi) is 4.07. The molecule has 2 aliphatic rings. The number of nitrogens with one attached hydrogen (secondary N) is 1. The number of aromatic nitrogens is 3. The van der Waals surface area contributed by atoms with Crippen molar-refractivity contribution < 1.29 is 14.3 Å². The molecule has 0 saturated carbocycles. The fraction of sp³-hybridized carbons (Fsp3) is 0.500. The molecule has 0 fully saturated rings. The molecule has 0 radical (unpaired) electrons. The Morgan fingerprint density at radius 3 is 2.84 bits per heavy atom. The Morgan fingerprint density at radius 2 is 2.04 bits per heavy atom. The maximum atomic E-state index is 12.6. The standard InChI is InChI=1S/C18H22N4O3/c1-11(2)17-21-20-16-6-4-13(10-22(16)17)19-18(23)12-3-5-14-15(9-12)25-8-7-24-14/h3,5,9,11,13H,4,6-8,10H2,1-2H3,(H,19,23). The summed E-state index contributed by atoms with van der Waals surface area (Å²) in [7, 11) is 0. The van der Waals surface area contributed by atoms with Crippen molar-refractivity contribution in [2.45, 2.75) is 45.2 Å². The summed E-state index contributed by atoms with van der Waals surface area (Å²) in [6.07, 6.45) is 1.69. The molecule has 4 rings (SSSR count). The molecule has 0 bridgehead atoms. The molecule has 3 heterocycles. The summed E-state index contributed by atoms with van der Waals surface area (Å²) in [5, 5.41) is 11.7. The monoisotopic (exact) mass is 342 g/mol. The summed E-state index contributed by atoms with van der Waals surface area (Å²) in [6, 6.07) is 5.38. The quantitative estimate of drug-likeness (QED) is 0.922. The van der Waals surface area contributed by atoms with E-state index in [-0.39, 0.29) is 11.9 Å². The molecule has 1 aromatic carbocycles. The second-order valence-electron chi connectivity index (χ2n) is 6.81. The van der Waals surface area contributed by atoms with E-state index >= 15 is 0 Å². The third kappa shape index (κ3) is 3.06. The molecular formula is C18H22N4O3. The van der Waals surface area contributed by atoms with Crippen molar-refractivity contribution >= 4 is 5.91 Å². The molecule has 1 unspecified atom stereocenters. The number of benzene rings is 1. The van der Waals surface area contributed by atoms with E-state index in [0.29, 0.717) is 42.7 Å². The SMILES string of the molecule is CC(C)c1nnc2n1CC(NC(=O)c1ccc3c(c1)OCCO3)CC2. The van der Waals surface area contributed by atoms with Crippen LogP contribution in [0.15, 0.2) is 18.2 Å². The number of nitrogens with zero attached hydrogens (tertiary/aromatic N) is 3. The van der Waals surface area contributed by atoms with Gasteiger partial charge < -0.3 is 19.4 Å². The zero-order valence-electron chi connectivity index (χ0n) is 14.5. The predicted molar refractivity (Wildman–Crippen MR) is 91.1 cm³/mol. The van der Waals surface area contributed by atoms with Crippen LogP contribution < -0.4 is 14.8 Å². The molecule has 25 heavy (non-hydrogen) atoms. The summed E-state index contributed by atoms with van der Waals surface area (Å²) in [5.74, 6) is 3.53. The van der Waals surface area contributed by atoms with Gasteiger partial charge in [0, 0.05) is 30.5 Å². The molecule has 1 N–H and O–H groups in total. The van der Waals surface area contributed by atoms with Crippen molar-refractivity contribution in [3.05, 3.63) is 35.4 Å². The fourth-order valence-electron chi connectivity index (χ4n) is 3.35. The first-order valence-electron chi connectivity index (χ1n) is 8.74. The number of carbonyl (C=O) groups is 1. The van der Waals surface area contributed by atoms with Gasteiger partial charge in [0.1, 0.15) is 24.9 Å². The smallest absolute Gasteiger partial charge is 0.251 e. The van der Waals surface area contributed by atoms with Crippen molar-refractivity contribution in [1.82, 2.24) is 20.1 Å². The van der Waals surface area contributed by atoms with Gasteiger partial charge in [-0.2, -0.15) is 0 Å². The van der Waals surface area contributed by atoms with E-state index in [1.165, 1.54) is 0 Å². The van der Waals surface area contributed by atoms with Crippen molar-refractivity contribution in [3.8, 4) is 11.5 Å². The number of hydrogen-bond acceptors (Lipinski definition) is 5. The van der Waals surface area contributed by atoms with Gasteiger partial charge >= 0.3 is 0 Å². The van der Waals surface area contributed by atoms with Gasteiger partial charge in [0.15, 0.2) is 11.5 Å². The minimum absolute atomic E-state index is 0.0710. The summed E-state index contributed by atoms with van der Waals surface area (Å²) in [5.41, 5.74) is 0.586. The zero-order chi connectivity index (χ0) is 17.4. The maximum Gasteiger partial charge on any atom is 0.251 e. The Hall–Kier alpha value is -2.57. The summed E-state index contributed by atoms with van der Waals surface area (Å²) >= 11 is 0. The highest BCUT2D eigenvalue weighted by Gasteiger charge is 2.25. The van der Waals surface area contributed by atoms with Crippen LogP contribution >= 0.6 is 0 Å². The van der Waals surface area contributed by atoms with Crippen LogP contribution in [0.1, 0.15) is 48.2 Å². The lowest BCUT2D eigenvalue weighted by molar-refractivity contribution is 0.0926. The van der Waals surface area contributed by atoms with Crippen molar-refractivity contribution in [1.29, 1.82) is 0 Å². The van der Waals surface area contributed by atoms with Gasteiger partial charge in [0.2, 0.25) is 0 Å². The molecule has 7 heteroatoms. The zero-order valence-corrected chi connectivity index (χ0v) is 14.5. The summed E-state index contributed by atoms with van der Waals surface area (Å²) in [4.78, 5) is 12.6. The van der Waals surface area contributed by atoms with E-state index in [4.69, 9.17) is 9.47 Å². The molecule has 1 amide bonds. The first kappa shape index (κ1) is 15.9. The van der Waals surface area contributed by atoms with E-state index in [0.717, 1.165) is 24.5 Å². The van der Waals surface area contributed by atoms with Gasteiger partial charge in [-0.15, -0.1) is 10.2 Å². The Bertz CT molecular complexity index is 800. The van der Waals surface area contributed by atoms with E-state index in [1.54, 1.807) is 18.2 Å². The molecular weight excluding hydrogens is 320 g/mol. The van der Waals surface area contributed by atoms with Crippen molar-refractivity contribution in [2.75, 3.05) is 13.2 Å². The Labute approximate surface area is 146 Å². The number of fused-ring (bicyclic) bond motifs is 2. The number of rotatable bonds is 3. The van der Waals surface area contributed by atoms with E-state index in [9.17, 15) is 4.79 Å². The highest BCUT2D eigenvalue weighted by atomic mass is 16.6. The normalized spacial score (nSPS) is 18.8. The number of carbonyl (C=O) groups excluding carboxylic acids is 1. The molecule has 7 nitrogen and oxygen atoms in total. The molecule has 1 atom stereocenters.